The van der Waals surface area contributed by atoms with Crippen molar-refractivity contribution in [2.75, 3.05) is 31.2 Å². The van der Waals surface area contributed by atoms with Crippen molar-refractivity contribution in [1.82, 2.24) is 20.1 Å². The van der Waals surface area contributed by atoms with Gasteiger partial charge in [-0.1, -0.05) is 25.6 Å². The third-order valence-corrected chi connectivity index (χ3v) is 4.77. The van der Waals surface area contributed by atoms with Gasteiger partial charge in [0.1, 0.15) is 0 Å². The van der Waals surface area contributed by atoms with Crippen LogP contribution in [0, 0.1) is 5.92 Å². The maximum Gasteiger partial charge on any atom is 0.233 e. The number of morpholine rings is 1. The molecule has 8 heteroatoms. The number of aromatic nitrogens is 3. The molecule has 0 aromatic carbocycles. The lowest BCUT2D eigenvalue weighted by Gasteiger charge is -2.28. The summed E-state index contributed by atoms with van der Waals surface area (Å²) >= 11 is 1.47. The van der Waals surface area contributed by atoms with E-state index in [1.807, 2.05) is 27.7 Å². The SMILES string of the molecule is CC(C)Cn1c(SC(C)C(=O)NC(C)(C)C)nnc1N1CCOCC1. The highest BCUT2D eigenvalue weighted by Crippen LogP contribution is 2.27. The summed E-state index contributed by atoms with van der Waals surface area (Å²) in [6, 6.07) is 0. The van der Waals surface area contributed by atoms with Crippen LogP contribution < -0.4 is 10.2 Å². The first-order valence-corrected chi connectivity index (χ1v) is 9.80. The number of anilines is 1. The zero-order chi connectivity index (χ0) is 18.6. The minimum atomic E-state index is -0.240. The van der Waals surface area contributed by atoms with Gasteiger partial charge in [-0.25, -0.2) is 0 Å². The minimum Gasteiger partial charge on any atom is -0.378 e. The van der Waals surface area contributed by atoms with Gasteiger partial charge in [-0.15, -0.1) is 10.2 Å². The lowest BCUT2D eigenvalue weighted by molar-refractivity contribution is -0.121. The number of nitrogens with zero attached hydrogens (tertiary/aromatic N) is 4. The molecule has 1 aliphatic rings. The van der Waals surface area contributed by atoms with Crippen LogP contribution in [0.1, 0.15) is 41.5 Å². The monoisotopic (exact) mass is 369 g/mol. The Kier molecular flexibility index (Phi) is 6.73. The molecule has 0 bridgehead atoms. The van der Waals surface area contributed by atoms with E-state index < -0.39 is 0 Å². The van der Waals surface area contributed by atoms with Crippen LogP contribution in [0.2, 0.25) is 0 Å². The Morgan fingerprint density at radius 2 is 1.88 bits per heavy atom. The van der Waals surface area contributed by atoms with Crippen LogP contribution in [0.3, 0.4) is 0 Å². The van der Waals surface area contributed by atoms with Gasteiger partial charge in [-0.3, -0.25) is 9.36 Å². The molecule has 1 N–H and O–H groups in total. The second-order valence-corrected chi connectivity index (χ2v) is 9.19. The van der Waals surface area contributed by atoms with Gasteiger partial charge < -0.3 is 15.0 Å². The smallest absolute Gasteiger partial charge is 0.233 e. The van der Waals surface area contributed by atoms with E-state index in [-0.39, 0.29) is 16.7 Å². The first kappa shape index (κ1) is 20.0. The summed E-state index contributed by atoms with van der Waals surface area (Å²) in [5, 5.41) is 12.4. The Hall–Kier alpha value is -1.28. The predicted molar refractivity (Wildman–Crippen MR) is 101 cm³/mol. The van der Waals surface area contributed by atoms with Crippen LogP contribution >= 0.6 is 11.8 Å². The first-order valence-electron chi connectivity index (χ1n) is 8.92. The molecule has 1 amide bonds. The summed E-state index contributed by atoms with van der Waals surface area (Å²) in [6.07, 6.45) is 0. The quantitative estimate of drug-likeness (QED) is 0.775. The number of amides is 1. The number of ether oxygens (including phenoxy) is 1. The van der Waals surface area contributed by atoms with Crippen molar-refractivity contribution < 1.29 is 9.53 Å². The van der Waals surface area contributed by atoms with E-state index in [9.17, 15) is 4.79 Å². The van der Waals surface area contributed by atoms with E-state index in [0.29, 0.717) is 19.1 Å². The molecule has 0 spiro atoms. The second kappa shape index (κ2) is 8.40. The van der Waals surface area contributed by atoms with Crippen molar-refractivity contribution in [2.45, 2.75) is 64.0 Å². The summed E-state index contributed by atoms with van der Waals surface area (Å²) in [5.74, 6) is 1.36. The molecule has 142 valence electrons. The molecular weight excluding hydrogens is 338 g/mol. The molecule has 1 aromatic rings. The Morgan fingerprint density at radius 3 is 2.44 bits per heavy atom. The van der Waals surface area contributed by atoms with Gasteiger partial charge in [0.25, 0.3) is 0 Å². The standard InChI is InChI=1S/C17H31N5O2S/c1-12(2)11-22-15(21-7-9-24-10-8-21)19-20-16(22)25-13(3)14(23)18-17(4,5)6/h12-13H,7-11H2,1-6H3,(H,18,23). The second-order valence-electron chi connectivity index (χ2n) is 7.89. The highest BCUT2D eigenvalue weighted by molar-refractivity contribution is 8.00. The molecule has 2 heterocycles. The van der Waals surface area contributed by atoms with Crippen molar-refractivity contribution in [2.24, 2.45) is 5.92 Å². The summed E-state index contributed by atoms with van der Waals surface area (Å²) in [6.45, 7) is 16.1. The van der Waals surface area contributed by atoms with Crippen LogP contribution in [0.15, 0.2) is 5.16 Å². The normalized spacial score (nSPS) is 17.0. The molecule has 0 saturated carbocycles. The molecule has 1 fully saturated rings. The number of thioether (sulfide) groups is 1. The maximum atomic E-state index is 12.4. The Balaban J connectivity index is 2.16. The van der Waals surface area contributed by atoms with Crippen LogP contribution in [-0.4, -0.2) is 57.8 Å². The van der Waals surface area contributed by atoms with Crippen molar-refractivity contribution in [1.29, 1.82) is 0 Å². The zero-order valence-electron chi connectivity index (χ0n) is 16.2. The fraction of sp³-hybridized carbons (Fsp3) is 0.824. The van der Waals surface area contributed by atoms with Crippen molar-refractivity contribution in [3.05, 3.63) is 0 Å². The summed E-state index contributed by atoms with van der Waals surface area (Å²) < 4.78 is 7.57. The Labute approximate surface area is 154 Å². The lowest BCUT2D eigenvalue weighted by atomic mass is 10.1. The van der Waals surface area contributed by atoms with Crippen molar-refractivity contribution in [3.8, 4) is 0 Å². The minimum absolute atomic E-state index is 0.0181. The third kappa shape index (κ3) is 5.88. The van der Waals surface area contributed by atoms with E-state index in [2.05, 4.69) is 38.8 Å². The molecule has 1 aliphatic heterocycles. The molecular formula is C17H31N5O2S. The number of carbonyl (C=O) groups excluding carboxylic acids is 1. The third-order valence-electron chi connectivity index (χ3n) is 3.69. The highest BCUT2D eigenvalue weighted by Gasteiger charge is 2.25. The van der Waals surface area contributed by atoms with Gasteiger partial charge in [-0.2, -0.15) is 0 Å². The topological polar surface area (TPSA) is 72.3 Å². The molecule has 0 radical (unpaired) electrons. The Morgan fingerprint density at radius 1 is 1.24 bits per heavy atom. The molecule has 1 atom stereocenters. The van der Waals surface area contributed by atoms with E-state index >= 15 is 0 Å². The van der Waals surface area contributed by atoms with E-state index in [4.69, 9.17) is 4.74 Å². The molecule has 2 rings (SSSR count). The van der Waals surface area contributed by atoms with Crippen LogP contribution in [0.4, 0.5) is 5.95 Å². The maximum absolute atomic E-state index is 12.4. The number of hydrogen-bond donors (Lipinski definition) is 1. The molecule has 1 unspecified atom stereocenters. The molecule has 1 saturated heterocycles. The summed E-state index contributed by atoms with van der Waals surface area (Å²) in [4.78, 5) is 14.6. The summed E-state index contributed by atoms with van der Waals surface area (Å²) in [7, 11) is 0. The van der Waals surface area contributed by atoms with Gasteiger partial charge in [-0.05, 0) is 33.6 Å². The van der Waals surface area contributed by atoms with Gasteiger partial charge in [0.05, 0.1) is 18.5 Å². The van der Waals surface area contributed by atoms with Gasteiger partial charge in [0.15, 0.2) is 5.16 Å². The van der Waals surface area contributed by atoms with E-state index in [1.165, 1.54) is 11.8 Å². The fourth-order valence-electron chi connectivity index (χ4n) is 2.57. The predicted octanol–water partition coefficient (Wildman–Crippen LogP) is 2.17. The largest absolute Gasteiger partial charge is 0.378 e. The fourth-order valence-corrected chi connectivity index (χ4v) is 3.43. The van der Waals surface area contributed by atoms with Gasteiger partial charge in [0.2, 0.25) is 11.9 Å². The number of rotatable bonds is 6. The number of carbonyl (C=O) groups is 1. The molecule has 7 nitrogen and oxygen atoms in total. The average Bonchev–Trinajstić information content (AvgIpc) is 2.88. The van der Waals surface area contributed by atoms with Crippen LogP contribution in [0.5, 0.6) is 0 Å². The summed E-state index contributed by atoms with van der Waals surface area (Å²) in [5.41, 5.74) is -0.240. The molecule has 0 aliphatic carbocycles. The highest BCUT2D eigenvalue weighted by atomic mass is 32.2. The van der Waals surface area contributed by atoms with E-state index in [1.54, 1.807) is 0 Å². The van der Waals surface area contributed by atoms with Crippen molar-refractivity contribution >= 4 is 23.6 Å². The molecule has 25 heavy (non-hydrogen) atoms. The van der Waals surface area contributed by atoms with Crippen LogP contribution in [0.25, 0.3) is 0 Å². The lowest BCUT2D eigenvalue weighted by Crippen LogP contribution is -2.44. The first-order chi connectivity index (χ1) is 11.7. The molecule has 1 aromatic heterocycles. The number of nitrogens with one attached hydrogen (secondary N) is 1. The van der Waals surface area contributed by atoms with Gasteiger partial charge in [0, 0.05) is 25.2 Å². The van der Waals surface area contributed by atoms with Gasteiger partial charge >= 0.3 is 0 Å². The van der Waals surface area contributed by atoms with Crippen molar-refractivity contribution in [3.63, 3.8) is 0 Å². The Bertz CT molecular complexity index is 576. The van der Waals surface area contributed by atoms with E-state index in [0.717, 1.165) is 30.7 Å². The average molecular weight is 370 g/mol. The van der Waals surface area contributed by atoms with Crippen LogP contribution in [-0.2, 0) is 16.1 Å². The zero-order valence-corrected chi connectivity index (χ0v) is 17.0. The number of hydrogen-bond acceptors (Lipinski definition) is 6.